The van der Waals surface area contributed by atoms with E-state index in [0.29, 0.717) is 16.3 Å². The average molecular weight is 325 g/mol. The molecule has 0 aliphatic heterocycles. The van der Waals surface area contributed by atoms with Gasteiger partial charge in [0.05, 0.1) is 10.7 Å². The molecule has 1 aromatic heterocycles. The summed E-state index contributed by atoms with van der Waals surface area (Å²) in [5.74, 6) is -0.463. The molecule has 3 amide bonds. The Hall–Kier alpha value is -2.31. The van der Waals surface area contributed by atoms with Crippen LogP contribution < -0.4 is 16.2 Å². The minimum absolute atomic E-state index is 0.290. The summed E-state index contributed by atoms with van der Waals surface area (Å²) in [6.45, 7) is 0. The van der Waals surface area contributed by atoms with Crippen LogP contribution in [0, 0.1) is 0 Å². The number of nitrogens with zero attached hydrogens (tertiary/aromatic N) is 1. The van der Waals surface area contributed by atoms with Crippen LogP contribution in [0.25, 0.3) is 0 Å². The number of pyridine rings is 1. The van der Waals surface area contributed by atoms with Gasteiger partial charge < -0.3 is 5.32 Å². The third kappa shape index (κ3) is 4.34. The summed E-state index contributed by atoms with van der Waals surface area (Å²) in [6, 6.07) is 7.03. The number of halogens is 2. The van der Waals surface area contributed by atoms with Gasteiger partial charge in [0, 0.05) is 23.0 Å². The number of hydrogen-bond acceptors (Lipinski definition) is 3. The van der Waals surface area contributed by atoms with E-state index in [1.807, 2.05) is 0 Å². The monoisotopic (exact) mass is 324 g/mol. The molecule has 0 atom stereocenters. The highest BCUT2D eigenvalue weighted by Crippen LogP contribution is 2.25. The molecule has 0 saturated carbocycles. The molecule has 0 aliphatic carbocycles. The van der Waals surface area contributed by atoms with Gasteiger partial charge in [0.2, 0.25) is 0 Å². The molecule has 6 nitrogen and oxygen atoms in total. The predicted molar refractivity (Wildman–Crippen MR) is 80.3 cm³/mol. The standard InChI is InChI=1S/C13H10Cl2N4O2/c14-9-1-2-11(10(15)7-9)17-13(21)19-18-12(20)8-3-5-16-6-4-8/h1-7H,(H,18,20)(H2,17,19,21). The lowest BCUT2D eigenvalue weighted by Crippen LogP contribution is -2.43. The molecule has 0 spiro atoms. The summed E-state index contributed by atoms with van der Waals surface area (Å²) in [5, 5.41) is 3.22. The van der Waals surface area contributed by atoms with Crippen LogP contribution in [0.4, 0.5) is 10.5 Å². The van der Waals surface area contributed by atoms with E-state index < -0.39 is 11.9 Å². The summed E-state index contributed by atoms with van der Waals surface area (Å²) in [7, 11) is 0. The number of hydrazine groups is 1. The second-order valence-electron chi connectivity index (χ2n) is 3.89. The molecule has 21 heavy (non-hydrogen) atoms. The lowest BCUT2D eigenvalue weighted by atomic mass is 10.3. The van der Waals surface area contributed by atoms with Gasteiger partial charge in [-0.15, -0.1) is 0 Å². The Labute approximate surface area is 130 Å². The van der Waals surface area contributed by atoms with Crippen molar-refractivity contribution in [3.05, 3.63) is 58.3 Å². The molecule has 108 valence electrons. The fraction of sp³-hybridized carbons (Fsp3) is 0. The number of amides is 3. The fourth-order valence-electron chi connectivity index (χ4n) is 1.43. The zero-order valence-corrected chi connectivity index (χ0v) is 12.1. The molecule has 8 heteroatoms. The number of aromatic nitrogens is 1. The number of benzene rings is 1. The Morgan fingerprint density at radius 1 is 1.00 bits per heavy atom. The Morgan fingerprint density at radius 3 is 2.38 bits per heavy atom. The van der Waals surface area contributed by atoms with Gasteiger partial charge >= 0.3 is 6.03 Å². The van der Waals surface area contributed by atoms with Crippen molar-refractivity contribution in [3.63, 3.8) is 0 Å². The Bertz CT molecular complexity index is 664. The molecule has 2 aromatic rings. The van der Waals surface area contributed by atoms with Crippen molar-refractivity contribution in [2.45, 2.75) is 0 Å². The number of anilines is 1. The van der Waals surface area contributed by atoms with E-state index in [1.54, 1.807) is 12.1 Å². The molecular formula is C13H10Cl2N4O2. The van der Waals surface area contributed by atoms with Crippen molar-refractivity contribution in [1.29, 1.82) is 0 Å². The molecule has 0 bridgehead atoms. The minimum atomic E-state index is -0.637. The minimum Gasteiger partial charge on any atom is -0.305 e. The predicted octanol–water partition coefficient (Wildman–Crippen LogP) is 2.85. The summed E-state index contributed by atoms with van der Waals surface area (Å²) in [4.78, 5) is 27.1. The van der Waals surface area contributed by atoms with E-state index in [4.69, 9.17) is 23.2 Å². The van der Waals surface area contributed by atoms with Crippen LogP contribution >= 0.6 is 23.2 Å². The topological polar surface area (TPSA) is 83.1 Å². The first kappa shape index (κ1) is 15.1. The molecule has 2 rings (SSSR count). The SMILES string of the molecule is O=C(NNC(=O)c1ccncc1)Nc1ccc(Cl)cc1Cl. The maximum atomic E-state index is 11.7. The molecule has 0 radical (unpaired) electrons. The smallest absolute Gasteiger partial charge is 0.305 e. The first-order valence-electron chi connectivity index (χ1n) is 5.78. The molecule has 0 aliphatic rings. The summed E-state index contributed by atoms with van der Waals surface area (Å²) < 4.78 is 0. The third-order valence-electron chi connectivity index (χ3n) is 2.41. The molecule has 0 saturated heterocycles. The molecule has 0 fully saturated rings. The van der Waals surface area contributed by atoms with Crippen molar-refractivity contribution < 1.29 is 9.59 Å². The van der Waals surface area contributed by atoms with Crippen molar-refractivity contribution in [2.24, 2.45) is 0 Å². The first-order chi connectivity index (χ1) is 10.1. The summed E-state index contributed by atoms with van der Waals surface area (Å²) in [6.07, 6.45) is 2.95. The number of nitrogens with one attached hydrogen (secondary N) is 3. The lowest BCUT2D eigenvalue weighted by molar-refractivity contribution is 0.0938. The molecular weight excluding hydrogens is 315 g/mol. The Morgan fingerprint density at radius 2 is 1.71 bits per heavy atom. The van der Waals surface area contributed by atoms with Crippen LogP contribution in [-0.2, 0) is 0 Å². The van der Waals surface area contributed by atoms with Gasteiger partial charge in [-0.2, -0.15) is 0 Å². The van der Waals surface area contributed by atoms with Crippen molar-refractivity contribution in [1.82, 2.24) is 15.8 Å². The summed E-state index contributed by atoms with van der Waals surface area (Å²) in [5.41, 5.74) is 5.20. The van der Waals surface area contributed by atoms with Crippen LogP contribution in [-0.4, -0.2) is 16.9 Å². The average Bonchev–Trinajstić information content (AvgIpc) is 2.48. The van der Waals surface area contributed by atoms with Gasteiger partial charge in [-0.3, -0.25) is 15.2 Å². The number of carbonyl (C=O) groups is 2. The van der Waals surface area contributed by atoms with E-state index in [2.05, 4.69) is 21.2 Å². The van der Waals surface area contributed by atoms with E-state index in [9.17, 15) is 9.59 Å². The maximum Gasteiger partial charge on any atom is 0.337 e. The van der Waals surface area contributed by atoms with Crippen molar-refractivity contribution in [2.75, 3.05) is 5.32 Å². The molecule has 1 aromatic carbocycles. The van der Waals surface area contributed by atoms with E-state index >= 15 is 0 Å². The second-order valence-corrected chi connectivity index (χ2v) is 4.74. The number of carbonyl (C=O) groups excluding carboxylic acids is 2. The summed E-state index contributed by atoms with van der Waals surface area (Å²) >= 11 is 11.7. The normalized spacial score (nSPS) is 9.81. The van der Waals surface area contributed by atoms with Gasteiger partial charge in [-0.05, 0) is 30.3 Å². The highest BCUT2D eigenvalue weighted by molar-refractivity contribution is 6.36. The number of hydrogen-bond donors (Lipinski definition) is 3. The van der Waals surface area contributed by atoms with E-state index in [1.165, 1.54) is 30.6 Å². The van der Waals surface area contributed by atoms with Crippen LogP contribution in [0.3, 0.4) is 0 Å². The van der Waals surface area contributed by atoms with Crippen LogP contribution in [0.1, 0.15) is 10.4 Å². The van der Waals surface area contributed by atoms with Gasteiger partial charge in [-0.25, -0.2) is 10.2 Å². The highest BCUT2D eigenvalue weighted by Gasteiger charge is 2.08. The molecule has 0 unspecified atom stereocenters. The van der Waals surface area contributed by atoms with Gasteiger partial charge in [-0.1, -0.05) is 23.2 Å². The number of urea groups is 1. The quantitative estimate of drug-likeness (QED) is 0.743. The third-order valence-corrected chi connectivity index (χ3v) is 2.96. The van der Waals surface area contributed by atoms with E-state index in [-0.39, 0.29) is 5.02 Å². The van der Waals surface area contributed by atoms with Gasteiger partial charge in [0.1, 0.15) is 0 Å². The van der Waals surface area contributed by atoms with E-state index in [0.717, 1.165) is 0 Å². The lowest BCUT2D eigenvalue weighted by Gasteiger charge is -2.10. The molecule has 1 heterocycles. The van der Waals surface area contributed by atoms with Crippen molar-refractivity contribution in [3.8, 4) is 0 Å². The van der Waals surface area contributed by atoms with Gasteiger partial charge in [0.25, 0.3) is 5.91 Å². The first-order valence-corrected chi connectivity index (χ1v) is 6.54. The number of rotatable bonds is 2. The van der Waals surface area contributed by atoms with Crippen LogP contribution in [0.2, 0.25) is 10.0 Å². The Kier molecular flexibility index (Phi) is 4.97. The van der Waals surface area contributed by atoms with Crippen molar-refractivity contribution >= 4 is 40.8 Å². The second kappa shape index (κ2) is 6.92. The zero-order chi connectivity index (χ0) is 15.2. The zero-order valence-electron chi connectivity index (χ0n) is 10.6. The van der Waals surface area contributed by atoms with Crippen LogP contribution in [0.5, 0.6) is 0 Å². The van der Waals surface area contributed by atoms with Crippen LogP contribution in [0.15, 0.2) is 42.7 Å². The Balaban J connectivity index is 1.89. The largest absolute Gasteiger partial charge is 0.337 e. The highest BCUT2D eigenvalue weighted by atomic mass is 35.5. The fourth-order valence-corrected chi connectivity index (χ4v) is 1.89. The molecule has 3 N–H and O–H groups in total. The van der Waals surface area contributed by atoms with Gasteiger partial charge in [0.15, 0.2) is 0 Å². The maximum absolute atomic E-state index is 11.7.